The van der Waals surface area contributed by atoms with E-state index in [2.05, 4.69) is 0 Å². The van der Waals surface area contributed by atoms with Crippen LogP contribution in [0.3, 0.4) is 0 Å². The summed E-state index contributed by atoms with van der Waals surface area (Å²) in [6, 6.07) is 0. The third-order valence-corrected chi connectivity index (χ3v) is 0.894. The van der Waals surface area contributed by atoms with Crippen molar-refractivity contribution in [2.75, 3.05) is 26.4 Å². The van der Waals surface area contributed by atoms with E-state index in [1.54, 1.807) is 0 Å². The molecule has 0 rings (SSSR count). The molecule has 0 fully saturated rings. The largest absolute Gasteiger partial charge is 0.396 e. The fraction of sp³-hybridized carbons (Fsp3) is 1.00. The first-order valence-electron chi connectivity index (χ1n) is 6.09. The van der Waals surface area contributed by atoms with Crippen LogP contribution in [0.15, 0.2) is 0 Å². The molecule has 0 saturated heterocycles. The van der Waals surface area contributed by atoms with Crippen LogP contribution in [0.1, 0.15) is 53.4 Å². The summed E-state index contributed by atoms with van der Waals surface area (Å²) in [4.78, 5) is 0. The topological polar surface area (TPSA) is 80.9 Å². The molecule has 17 heavy (non-hydrogen) atoms. The molecule has 0 saturated carbocycles. The van der Waals surface area contributed by atoms with Gasteiger partial charge in [0.05, 0.1) is 0 Å². The van der Waals surface area contributed by atoms with Crippen molar-refractivity contribution in [3.8, 4) is 0 Å². The van der Waals surface area contributed by atoms with E-state index in [-0.39, 0.29) is 18.6 Å². The zero-order chi connectivity index (χ0) is 13.7. The molecule has 0 aromatic carbocycles. The Morgan fingerprint density at radius 1 is 0.471 bits per heavy atom. The van der Waals surface area contributed by atoms with E-state index >= 15 is 0 Å². The zero-order valence-electron chi connectivity index (χ0n) is 11.9. The van der Waals surface area contributed by atoms with Crippen molar-refractivity contribution in [1.82, 2.24) is 0 Å². The van der Waals surface area contributed by atoms with Crippen molar-refractivity contribution in [3.63, 3.8) is 0 Å². The molecule has 0 spiro atoms. The van der Waals surface area contributed by atoms with Crippen molar-refractivity contribution in [2.45, 2.75) is 53.4 Å². The van der Waals surface area contributed by atoms with Crippen LogP contribution in [0.5, 0.6) is 0 Å². The summed E-state index contributed by atoms with van der Waals surface area (Å²) in [7, 11) is 0. The van der Waals surface area contributed by atoms with Crippen molar-refractivity contribution in [3.05, 3.63) is 0 Å². The second kappa shape index (κ2) is 55.1. The maximum atomic E-state index is 7.88. The fourth-order valence-corrected chi connectivity index (χ4v) is 0. The van der Waals surface area contributed by atoms with Gasteiger partial charge in [-0.15, -0.1) is 0 Å². The fourth-order valence-electron chi connectivity index (χ4n) is 0. The summed E-state index contributed by atoms with van der Waals surface area (Å²) >= 11 is 0. The van der Waals surface area contributed by atoms with Gasteiger partial charge in [0.15, 0.2) is 0 Å². The number of rotatable bonds is 4. The Labute approximate surface area is 119 Å². The van der Waals surface area contributed by atoms with Crippen molar-refractivity contribution in [1.29, 1.82) is 0 Å². The van der Waals surface area contributed by atoms with Gasteiger partial charge in [0.2, 0.25) is 0 Å². The summed E-state index contributed by atoms with van der Waals surface area (Å²) in [5.41, 5.74) is 0. The number of hydrogen-bond acceptors (Lipinski definition) is 4. The molecule has 0 heterocycles. The summed E-state index contributed by atoms with van der Waals surface area (Å²) < 4.78 is 0. The van der Waals surface area contributed by atoms with E-state index in [0.29, 0.717) is 26.4 Å². The Kier molecular flexibility index (Phi) is 98.6. The molecule has 5 heteroatoms. The van der Waals surface area contributed by atoms with Crippen LogP contribution in [0, 0.1) is 0 Å². The first kappa shape index (κ1) is 30.4. The Bertz CT molecular complexity index is 42.5. The second-order valence-electron chi connectivity index (χ2n) is 2.89. The van der Waals surface area contributed by atoms with Gasteiger partial charge in [-0.2, -0.15) is 0 Å². The molecule has 4 nitrogen and oxygen atoms in total. The minimum Gasteiger partial charge on any atom is -0.396 e. The summed E-state index contributed by atoms with van der Waals surface area (Å²) in [6.07, 6.45) is 3.50. The molecular formula is C12H32O4V. The van der Waals surface area contributed by atoms with Crippen LogP contribution < -0.4 is 0 Å². The predicted molar refractivity (Wildman–Crippen MR) is 69.5 cm³/mol. The van der Waals surface area contributed by atoms with Gasteiger partial charge in [0, 0.05) is 45.0 Å². The standard InChI is InChI=1S/4C3H8O.V/c4*1-2-3-4;/h4*4H,2-3H2,1H3;. The van der Waals surface area contributed by atoms with Crippen LogP contribution in [0.25, 0.3) is 0 Å². The van der Waals surface area contributed by atoms with Crippen LogP contribution >= 0.6 is 0 Å². The number of aliphatic hydroxyl groups excluding tert-OH is 4. The minimum atomic E-state index is 0. The van der Waals surface area contributed by atoms with Gasteiger partial charge in [-0.25, -0.2) is 0 Å². The van der Waals surface area contributed by atoms with Gasteiger partial charge in [0.1, 0.15) is 0 Å². The first-order valence-corrected chi connectivity index (χ1v) is 6.09. The zero-order valence-corrected chi connectivity index (χ0v) is 13.3. The summed E-state index contributed by atoms with van der Waals surface area (Å²) in [5.74, 6) is 0. The van der Waals surface area contributed by atoms with Gasteiger partial charge in [-0.05, 0) is 25.7 Å². The molecule has 0 aliphatic rings. The molecule has 4 N–H and O–H groups in total. The van der Waals surface area contributed by atoms with E-state index in [1.807, 2.05) is 27.7 Å². The minimum absolute atomic E-state index is 0. The van der Waals surface area contributed by atoms with Crippen LogP contribution in [0.2, 0.25) is 0 Å². The maximum absolute atomic E-state index is 7.88. The van der Waals surface area contributed by atoms with Gasteiger partial charge in [0.25, 0.3) is 0 Å². The Morgan fingerprint density at radius 2 is 0.529 bits per heavy atom. The number of aliphatic hydroxyl groups is 4. The maximum Gasteiger partial charge on any atom is 0.0428 e. The Hall–Kier alpha value is 0.424. The van der Waals surface area contributed by atoms with E-state index in [0.717, 1.165) is 25.7 Å². The average Bonchev–Trinajstić information content (AvgIpc) is 2.39. The van der Waals surface area contributed by atoms with Crippen LogP contribution in [-0.4, -0.2) is 46.9 Å². The second-order valence-corrected chi connectivity index (χ2v) is 2.89. The smallest absolute Gasteiger partial charge is 0.0428 e. The SMILES string of the molecule is CCCO.CCCO.CCCO.CCCO.[V]. The monoisotopic (exact) mass is 291 g/mol. The van der Waals surface area contributed by atoms with Crippen molar-refractivity contribution in [2.24, 2.45) is 0 Å². The van der Waals surface area contributed by atoms with E-state index < -0.39 is 0 Å². The molecule has 0 aliphatic heterocycles. The molecule has 0 amide bonds. The average molecular weight is 291 g/mol. The van der Waals surface area contributed by atoms with Crippen LogP contribution in [-0.2, 0) is 18.6 Å². The van der Waals surface area contributed by atoms with Gasteiger partial charge < -0.3 is 20.4 Å². The summed E-state index contributed by atoms with van der Waals surface area (Å²) in [5, 5.41) is 31.5. The third kappa shape index (κ3) is 175. The van der Waals surface area contributed by atoms with E-state index in [1.165, 1.54) is 0 Å². The number of hydrogen-bond donors (Lipinski definition) is 4. The Morgan fingerprint density at radius 3 is 0.529 bits per heavy atom. The van der Waals surface area contributed by atoms with Gasteiger partial charge in [-0.1, -0.05) is 27.7 Å². The molecular weight excluding hydrogens is 259 g/mol. The van der Waals surface area contributed by atoms with Crippen LogP contribution in [0.4, 0.5) is 0 Å². The van der Waals surface area contributed by atoms with Crippen molar-refractivity contribution >= 4 is 0 Å². The quantitative estimate of drug-likeness (QED) is 0.633. The third-order valence-electron chi connectivity index (χ3n) is 0.894. The normalized spacial score (nSPS) is 7.06. The molecule has 0 bridgehead atoms. The van der Waals surface area contributed by atoms with Crippen molar-refractivity contribution < 1.29 is 39.0 Å². The molecule has 0 aliphatic carbocycles. The molecule has 0 aromatic heterocycles. The molecule has 0 atom stereocenters. The predicted octanol–water partition coefficient (Wildman–Crippen LogP) is 1.55. The summed E-state index contributed by atoms with van der Waals surface area (Å²) in [6.45, 7) is 9.00. The van der Waals surface area contributed by atoms with Gasteiger partial charge in [-0.3, -0.25) is 0 Å². The van der Waals surface area contributed by atoms with E-state index in [4.69, 9.17) is 20.4 Å². The molecule has 0 unspecified atom stereocenters. The van der Waals surface area contributed by atoms with E-state index in [9.17, 15) is 0 Å². The molecule has 1 radical (unpaired) electrons. The first-order chi connectivity index (χ1) is 7.66. The molecule has 0 aromatic rings. The molecule has 109 valence electrons. The van der Waals surface area contributed by atoms with Gasteiger partial charge >= 0.3 is 0 Å². The Balaban J connectivity index is -0.0000000369.